The molecule has 124 valence electrons. The van der Waals surface area contributed by atoms with Crippen LogP contribution in [0.25, 0.3) is 0 Å². The van der Waals surface area contributed by atoms with Crippen molar-refractivity contribution >= 4 is 50.4 Å². The molecule has 23 heavy (non-hydrogen) atoms. The standard InChI is InChI=1S/C15H15BrFNO4S/c1-8(19)23-7-9-3-14(20)18(6-9)13-5-12(17)11(16)4-10(13)15(21)22-2/h4-5,9H,3,6-7H2,1-2H3. The highest BCUT2D eigenvalue weighted by Gasteiger charge is 2.33. The number of esters is 1. The molecule has 1 heterocycles. The Morgan fingerprint density at radius 3 is 2.78 bits per heavy atom. The Kier molecular flexibility index (Phi) is 5.80. The summed E-state index contributed by atoms with van der Waals surface area (Å²) in [4.78, 5) is 36.6. The monoisotopic (exact) mass is 403 g/mol. The van der Waals surface area contributed by atoms with E-state index in [-0.39, 0.29) is 39.1 Å². The Morgan fingerprint density at radius 2 is 2.17 bits per heavy atom. The van der Waals surface area contributed by atoms with Gasteiger partial charge in [0.05, 0.1) is 22.8 Å². The summed E-state index contributed by atoms with van der Waals surface area (Å²) in [7, 11) is 1.22. The summed E-state index contributed by atoms with van der Waals surface area (Å²) in [6, 6.07) is 2.45. The molecule has 0 saturated carbocycles. The molecule has 0 N–H and O–H groups in total. The van der Waals surface area contributed by atoms with Crippen molar-refractivity contribution in [3.05, 3.63) is 28.0 Å². The highest BCUT2D eigenvalue weighted by molar-refractivity contribution is 9.10. The van der Waals surface area contributed by atoms with E-state index < -0.39 is 11.8 Å². The van der Waals surface area contributed by atoms with Crippen LogP contribution in [0, 0.1) is 11.7 Å². The third-order valence-corrected chi connectivity index (χ3v) is 5.11. The predicted octanol–water partition coefficient (Wildman–Crippen LogP) is 3.01. The number of hydrogen-bond donors (Lipinski definition) is 0. The summed E-state index contributed by atoms with van der Waals surface area (Å²) in [5.41, 5.74) is 0.312. The van der Waals surface area contributed by atoms with E-state index in [0.717, 1.165) is 17.8 Å². The van der Waals surface area contributed by atoms with E-state index >= 15 is 0 Å². The number of nitrogens with zero attached hydrogens (tertiary/aromatic N) is 1. The molecule has 1 aromatic carbocycles. The quantitative estimate of drug-likeness (QED) is 0.722. The Hall–Kier alpha value is -1.41. The maximum absolute atomic E-state index is 13.9. The lowest BCUT2D eigenvalue weighted by Gasteiger charge is -2.20. The summed E-state index contributed by atoms with van der Waals surface area (Å²) in [5, 5.41) is -0.0131. The maximum Gasteiger partial charge on any atom is 0.340 e. The average molecular weight is 404 g/mol. The van der Waals surface area contributed by atoms with E-state index in [1.807, 2.05) is 0 Å². The summed E-state index contributed by atoms with van der Waals surface area (Å²) in [6.45, 7) is 1.81. The fourth-order valence-corrected chi connectivity index (χ4v) is 3.43. The van der Waals surface area contributed by atoms with Crippen molar-refractivity contribution in [3.8, 4) is 0 Å². The van der Waals surface area contributed by atoms with Crippen LogP contribution in [-0.4, -0.2) is 36.4 Å². The fraction of sp³-hybridized carbons (Fsp3) is 0.400. The first-order chi connectivity index (χ1) is 10.8. The lowest BCUT2D eigenvalue weighted by molar-refractivity contribution is -0.117. The van der Waals surface area contributed by atoms with Crippen LogP contribution in [0.4, 0.5) is 10.1 Å². The molecular weight excluding hydrogens is 389 g/mol. The van der Waals surface area contributed by atoms with Gasteiger partial charge < -0.3 is 9.64 Å². The highest BCUT2D eigenvalue weighted by atomic mass is 79.9. The van der Waals surface area contributed by atoms with E-state index in [2.05, 4.69) is 15.9 Å². The van der Waals surface area contributed by atoms with Gasteiger partial charge in [0.1, 0.15) is 5.82 Å². The van der Waals surface area contributed by atoms with Crippen LogP contribution in [-0.2, 0) is 14.3 Å². The first-order valence-corrected chi connectivity index (χ1v) is 8.62. The van der Waals surface area contributed by atoms with E-state index in [0.29, 0.717) is 12.3 Å². The summed E-state index contributed by atoms with van der Waals surface area (Å²) in [5.74, 6) is -0.916. The van der Waals surface area contributed by atoms with Gasteiger partial charge in [0.15, 0.2) is 5.12 Å². The van der Waals surface area contributed by atoms with Crippen LogP contribution < -0.4 is 4.90 Å². The number of amides is 1. The normalized spacial score (nSPS) is 17.5. The van der Waals surface area contributed by atoms with Crippen LogP contribution in [0.3, 0.4) is 0 Å². The van der Waals surface area contributed by atoms with Gasteiger partial charge in [-0.3, -0.25) is 9.59 Å². The SMILES string of the molecule is COC(=O)c1cc(Br)c(F)cc1N1CC(CSC(C)=O)CC1=O. The third kappa shape index (κ3) is 4.11. The lowest BCUT2D eigenvalue weighted by Crippen LogP contribution is -2.27. The van der Waals surface area contributed by atoms with Crippen molar-refractivity contribution in [2.24, 2.45) is 5.92 Å². The van der Waals surface area contributed by atoms with E-state index in [4.69, 9.17) is 4.74 Å². The number of halogens is 2. The summed E-state index contributed by atoms with van der Waals surface area (Å²) < 4.78 is 18.7. The molecule has 1 amide bonds. The highest BCUT2D eigenvalue weighted by Crippen LogP contribution is 2.33. The molecule has 1 aromatic rings. The van der Waals surface area contributed by atoms with Gasteiger partial charge in [0.2, 0.25) is 5.91 Å². The molecule has 0 aliphatic carbocycles. The fourth-order valence-electron chi connectivity index (χ4n) is 2.39. The molecule has 1 aliphatic rings. The molecule has 1 aliphatic heterocycles. The van der Waals surface area contributed by atoms with Crippen LogP contribution in [0.15, 0.2) is 16.6 Å². The minimum absolute atomic E-state index is 0.0131. The molecule has 8 heteroatoms. The Balaban J connectivity index is 2.30. The minimum Gasteiger partial charge on any atom is -0.465 e. The summed E-state index contributed by atoms with van der Waals surface area (Å²) in [6.07, 6.45) is 0.262. The predicted molar refractivity (Wildman–Crippen MR) is 89.0 cm³/mol. The number of carbonyl (C=O) groups excluding carboxylic acids is 3. The van der Waals surface area contributed by atoms with Crippen molar-refractivity contribution in [2.75, 3.05) is 24.3 Å². The molecular formula is C15H15BrFNO4S. The van der Waals surface area contributed by atoms with E-state index in [1.54, 1.807) is 0 Å². The molecule has 1 unspecified atom stereocenters. The van der Waals surface area contributed by atoms with E-state index in [1.165, 1.54) is 25.0 Å². The maximum atomic E-state index is 13.9. The molecule has 0 bridgehead atoms. The van der Waals surface area contributed by atoms with Gasteiger partial charge in [0, 0.05) is 25.6 Å². The van der Waals surface area contributed by atoms with Gasteiger partial charge in [-0.1, -0.05) is 11.8 Å². The Bertz CT molecular complexity index is 667. The zero-order valence-electron chi connectivity index (χ0n) is 12.6. The molecule has 1 atom stereocenters. The van der Waals surface area contributed by atoms with Gasteiger partial charge in [-0.05, 0) is 34.0 Å². The number of thioether (sulfide) groups is 1. The third-order valence-electron chi connectivity index (χ3n) is 3.46. The van der Waals surface area contributed by atoms with E-state index in [9.17, 15) is 18.8 Å². The van der Waals surface area contributed by atoms with Crippen LogP contribution in [0.5, 0.6) is 0 Å². The number of benzene rings is 1. The smallest absolute Gasteiger partial charge is 0.340 e. The van der Waals surface area contributed by atoms with Crippen LogP contribution in [0.1, 0.15) is 23.7 Å². The van der Waals surface area contributed by atoms with Crippen molar-refractivity contribution in [2.45, 2.75) is 13.3 Å². The van der Waals surface area contributed by atoms with Crippen molar-refractivity contribution in [1.82, 2.24) is 0 Å². The molecule has 0 aromatic heterocycles. The van der Waals surface area contributed by atoms with Crippen LogP contribution >= 0.6 is 27.7 Å². The first-order valence-electron chi connectivity index (χ1n) is 6.84. The number of ether oxygens (including phenoxy) is 1. The first kappa shape index (κ1) is 17.9. The topological polar surface area (TPSA) is 63.7 Å². The van der Waals surface area contributed by atoms with Crippen molar-refractivity contribution in [3.63, 3.8) is 0 Å². The van der Waals surface area contributed by atoms with Gasteiger partial charge in [-0.15, -0.1) is 0 Å². The zero-order chi connectivity index (χ0) is 17.1. The van der Waals surface area contributed by atoms with Gasteiger partial charge in [-0.2, -0.15) is 0 Å². The van der Waals surface area contributed by atoms with Gasteiger partial charge in [-0.25, -0.2) is 9.18 Å². The van der Waals surface area contributed by atoms with Crippen LogP contribution in [0.2, 0.25) is 0 Å². The second kappa shape index (κ2) is 7.44. The minimum atomic E-state index is -0.643. The molecule has 0 spiro atoms. The molecule has 5 nitrogen and oxygen atoms in total. The number of hydrogen-bond acceptors (Lipinski definition) is 5. The lowest BCUT2D eigenvalue weighted by atomic mass is 10.1. The Labute approximate surface area is 145 Å². The summed E-state index contributed by atoms with van der Waals surface area (Å²) >= 11 is 4.18. The molecule has 1 fully saturated rings. The molecule has 1 saturated heterocycles. The number of carbonyl (C=O) groups is 3. The van der Waals surface area contributed by atoms with Gasteiger partial charge >= 0.3 is 5.97 Å². The number of anilines is 1. The second-order valence-electron chi connectivity index (χ2n) is 5.15. The number of rotatable bonds is 4. The van der Waals surface area contributed by atoms with Crippen molar-refractivity contribution < 1.29 is 23.5 Å². The Morgan fingerprint density at radius 1 is 1.48 bits per heavy atom. The van der Waals surface area contributed by atoms with Crippen molar-refractivity contribution in [1.29, 1.82) is 0 Å². The zero-order valence-corrected chi connectivity index (χ0v) is 15.0. The average Bonchev–Trinajstić information content (AvgIpc) is 2.87. The molecule has 2 rings (SSSR count). The number of methoxy groups -OCH3 is 1. The van der Waals surface area contributed by atoms with Gasteiger partial charge in [0.25, 0.3) is 0 Å². The second-order valence-corrected chi connectivity index (χ2v) is 7.20. The molecule has 0 radical (unpaired) electrons. The largest absolute Gasteiger partial charge is 0.465 e.